The van der Waals surface area contributed by atoms with E-state index in [0.29, 0.717) is 0 Å². The Balaban J connectivity index is 1.88. The van der Waals surface area contributed by atoms with Crippen LogP contribution in [-0.4, -0.2) is 14.9 Å². The molecule has 0 saturated heterocycles. The Labute approximate surface area is 124 Å². The molecule has 0 fully saturated rings. The van der Waals surface area contributed by atoms with Gasteiger partial charge in [0.25, 0.3) is 0 Å². The Morgan fingerprint density at radius 3 is 2.79 bits per heavy atom. The van der Waals surface area contributed by atoms with Crippen LogP contribution < -0.4 is 5.43 Å². The van der Waals surface area contributed by atoms with Crippen LogP contribution in [0, 0.1) is 0 Å². The van der Waals surface area contributed by atoms with Crippen molar-refractivity contribution in [2.75, 3.05) is 5.43 Å². The summed E-state index contributed by atoms with van der Waals surface area (Å²) in [7, 11) is 0. The molecular formula is C13H13BrN4S. The van der Waals surface area contributed by atoms with Gasteiger partial charge in [0, 0.05) is 21.9 Å². The Hall–Kier alpha value is -1.27. The van der Waals surface area contributed by atoms with Gasteiger partial charge in [0.05, 0.1) is 5.70 Å². The predicted molar refractivity (Wildman–Crippen MR) is 81.4 cm³/mol. The first-order chi connectivity index (χ1) is 9.28. The first-order valence-corrected chi connectivity index (χ1v) is 7.79. The Morgan fingerprint density at radius 2 is 2.05 bits per heavy atom. The third-order valence-corrected chi connectivity index (χ3v) is 4.20. The van der Waals surface area contributed by atoms with E-state index < -0.39 is 0 Å². The van der Waals surface area contributed by atoms with Gasteiger partial charge in [-0.2, -0.15) is 0 Å². The molecule has 1 aliphatic heterocycles. The minimum absolute atomic E-state index is 0.893. The molecule has 0 unspecified atom stereocenters. The highest BCUT2D eigenvalue weighted by Crippen LogP contribution is 2.29. The van der Waals surface area contributed by atoms with Gasteiger partial charge in [-0.3, -0.25) is 5.43 Å². The van der Waals surface area contributed by atoms with Gasteiger partial charge >= 0.3 is 0 Å². The number of nitrogens with one attached hydrogen (secondary N) is 1. The average Bonchev–Trinajstić information content (AvgIpc) is 2.83. The van der Waals surface area contributed by atoms with Crippen molar-refractivity contribution in [3.63, 3.8) is 0 Å². The molecule has 1 aromatic heterocycles. The zero-order valence-corrected chi connectivity index (χ0v) is 12.8. The molecule has 4 nitrogen and oxygen atoms in total. The lowest BCUT2D eigenvalue weighted by molar-refractivity contribution is 0.741. The standard InChI is InChI=1S/C13H13BrN4S/c1-2-3-12-15-16-13-18(12)17-11(8-19-13)9-4-6-10(14)7-5-9/h4-8,17H,2-3H2,1H3. The number of benzene rings is 1. The van der Waals surface area contributed by atoms with Crippen LogP contribution >= 0.6 is 27.7 Å². The van der Waals surface area contributed by atoms with Crippen molar-refractivity contribution in [3.05, 3.63) is 45.5 Å². The Bertz CT molecular complexity index is 618. The third kappa shape index (κ3) is 2.55. The van der Waals surface area contributed by atoms with Crippen LogP contribution in [0.25, 0.3) is 5.70 Å². The van der Waals surface area contributed by atoms with E-state index in [-0.39, 0.29) is 0 Å². The quantitative estimate of drug-likeness (QED) is 0.929. The van der Waals surface area contributed by atoms with Crippen LogP contribution in [0.2, 0.25) is 0 Å². The second-order valence-corrected chi connectivity index (χ2v) is 6.00. The van der Waals surface area contributed by atoms with Crippen LogP contribution in [0.15, 0.2) is 39.3 Å². The van der Waals surface area contributed by atoms with Crippen molar-refractivity contribution in [2.24, 2.45) is 0 Å². The number of nitrogens with zero attached hydrogens (tertiary/aromatic N) is 3. The fourth-order valence-corrected chi connectivity index (χ4v) is 2.92. The molecule has 0 radical (unpaired) electrons. The van der Waals surface area contributed by atoms with E-state index >= 15 is 0 Å². The summed E-state index contributed by atoms with van der Waals surface area (Å²) in [4.78, 5) is 0. The van der Waals surface area contributed by atoms with Gasteiger partial charge in [0.2, 0.25) is 5.16 Å². The van der Waals surface area contributed by atoms with Crippen molar-refractivity contribution < 1.29 is 0 Å². The van der Waals surface area contributed by atoms with Gasteiger partial charge < -0.3 is 0 Å². The maximum atomic E-state index is 4.22. The summed E-state index contributed by atoms with van der Waals surface area (Å²) in [6.45, 7) is 2.14. The van der Waals surface area contributed by atoms with Crippen LogP contribution in [-0.2, 0) is 6.42 Å². The molecule has 19 heavy (non-hydrogen) atoms. The van der Waals surface area contributed by atoms with Gasteiger partial charge in [-0.25, -0.2) is 4.68 Å². The van der Waals surface area contributed by atoms with Crippen LogP contribution in [0.3, 0.4) is 0 Å². The van der Waals surface area contributed by atoms with Crippen LogP contribution in [0.1, 0.15) is 24.7 Å². The van der Waals surface area contributed by atoms with E-state index in [0.717, 1.165) is 39.6 Å². The minimum atomic E-state index is 0.893. The van der Waals surface area contributed by atoms with E-state index in [4.69, 9.17) is 0 Å². The van der Waals surface area contributed by atoms with Crippen molar-refractivity contribution in [1.29, 1.82) is 0 Å². The number of halogens is 1. The molecule has 1 aromatic carbocycles. The maximum absolute atomic E-state index is 4.22. The topological polar surface area (TPSA) is 42.7 Å². The Kier molecular flexibility index (Phi) is 3.61. The SMILES string of the molecule is CCCc1nnc2n1NC(c1ccc(Br)cc1)=CS2. The minimum Gasteiger partial charge on any atom is -0.290 e. The number of aromatic nitrogens is 3. The predicted octanol–water partition coefficient (Wildman–Crippen LogP) is 3.64. The van der Waals surface area contributed by atoms with E-state index in [1.54, 1.807) is 11.8 Å². The number of aryl methyl sites for hydroxylation is 1. The summed E-state index contributed by atoms with van der Waals surface area (Å²) < 4.78 is 3.06. The smallest absolute Gasteiger partial charge is 0.214 e. The number of thioether (sulfide) groups is 1. The first kappa shape index (κ1) is 12.7. The molecular weight excluding hydrogens is 324 g/mol. The van der Waals surface area contributed by atoms with Gasteiger partial charge in [0.15, 0.2) is 5.82 Å². The zero-order valence-electron chi connectivity index (χ0n) is 10.4. The molecule has 0 atom stereocenters. The van der Waals surface area contributed by atoms with Crippen LogP contribution in [0.4, 0.5) is 0 Å². The van der Waals surface area contributed by atoms with E-state index in [1.807, 2.05) is 16.8 Å². The molecule has 0 bridgehead atoms. The normalized spacial score (nSPS) is 13.7. The van der Waals surface area contributed by atoms with Gasteiger partial charge in [-0.15, -0.1) is 10.2 Å². The van der Waals surface area contributed by atoms with Gasteiger partial charge in [-0.1, -0.05) is 46.7 Å². The molecule has 0 spiro atoms. The average molecular weight is 337 g/mol. The number of rotatable bonds is 3. The molecule has 98 valence electrons. The highest BCUT2D eigenvalue weighted by molar-refractivity contribution is 9.10. The zero-order chi connectivity index (χ0) is 13.2. The number of hydrogen-bond acceptors (Lipinski definition) is 4. The van der Waals surface area contributed by atoms with Crippen molar-refractivity contribution in [2.45, 2.75) is 24.9 Å². The molecule has 1 aliphatic rings. The number of fused-ring (bicyclic) bond motifs is 1. The van der Waals surface area contributed by atoms with Gasteiger partial charge in [-0.05, 0) is 18.6 Å². The lowest BCUT2D eigenvalue weighted by Gasteiger charge is -2.19. The summed E-state index contributed by atoms with van der Waals surface area (Å²) in [6, 6.07) is 8.24. The molecule has 0 amide bonds. The van der Waals surface area contributed by atoms with E-state index in [2.05, 4.69) is 56.0 Å². The Morgan fingerprint density at radius 1 is 1.26 bits per heavy atom. The van der Waals surface area contributed by atoms with Gasteiger partial charge in [0.1, 0.15) is 0 Å². The van der Waals surface area contributed by atoms with Crippen molar-refractivity contribution >= 4 is 33.4 Å². The van der Waals surface area contributed by atoms with E-state index in [9.17, 15) is 0 Å². The molecule has 3 rings (SSSR count). The second-order valence-electron chi connectivity index (χ2n) is 4.25. The first-order valence-electron chi connectivity index (χ1n) is 6.12. The summed E-state index contributed by atoms with van der Waals surface area (Å²) in [6.07, 6.45) is 1.98. The number of hydrogen-bond donors (Lipinski definition) is 1. The fraction of sp³-hybridized carbons (Fsp3) is 0.231. The summed E-state index contributed by atoms with van der Waals surface area (Å²) in [5, 5.41) is 11.4. The molecule has 6 heteroatoms. The summed E-state index contributed by atoms with van der Waals surface area (Å²) in [5.41, 5.74) is 5.60. The van der Waals surface area contributed by atoms with Crippen molar-refractivity contribution in [3.8, 4) is 0 Å². The highest BCUT2D eigenvalue weighted by atomic mass is 79.9. The lowest BCUT2D eigenvalue weighted by atomic mass is 10.2. The highest BCUT2D eigenvalue weighted by Gasteiger charge is 2.17. The van der Waals surface area contributed by atoms with Crippen molar-refractivity contribution in [1.82, 2.24) is 14.9 Å². The fourth-order valence-electron chi connectivity index (χ4n) is 1.89. The second kappa shape index (κ2) is 5.38. The molecule has 2 aromatic rings. The molecule has 2 heterocycles. The molecule has 1 N–H and O–H groups in total. The third-order valence-electron chi connectivity index (χ3n) is 2.84. The summed E-state index contributed by atoms with van der Waals surface area (Å²) >= 11 is 5.05. The summed E-state index contributed by atoms with van der Waals surface area (Å²) in [5.74, 6) is 0.979. The van der Waals surface area contributed by atoms with Crippen LogP contribution in [0.5, 0.6) is 0 Å². The maximum Gasteiger partial charge on any atom is 0.214 e. The monoisotopic (exact) mass is 336 g/mol. The molecule has 0 saturated carbocycles. The van der Waals surface area contributed by atoms with E-state index in [1.165, 1.54) is 0 Å². The molecule has 0 aliphatic carbocycles. The largest absolute Gasteiger partial charge is 0.290 e. The lowest BCUT2D eigenvalue weighted by Crippen LogP contribution is -2.19.